The smallest absolute Gasteiger partial charge is 1.00 e. The molecule has 0 aromatic carbocycles. The Balaban J connectivity index is -0.0000000233. The number of aliphatic carboxylic acids is 1. The van der Waals surface area contributed by atoms with E-state index in [-0.39, 0.29) is 20.3 Å². The topological polar surface area (TPSA) is 87.0 Å². The van der Waals surface area contributed by atoms with E-state index in [4.69, 9.17) is 20.0 Å². The number of carbonyl (C=O) groups is 1. The van der Waals surface area contributed by atoms with E-state index in [9.17, 15) is 0 Å². The maximum Gasteiger partial charge on any atom is 1.00 e. The minimum atomic E-state index is -0.833. The van der Waals surface area contributed by atoms with Gasteiger partial charge in [0.2, 0.25) is 0 Å². The van der Waals surface area contributed by atoms with Gasteiger partial charge in [0.05, 0.1) is 0 Å². The van der Waals surface area contributed by atoms with Crippen LogP contribution in [0.3, 0.4) is 0 Å². The normalized spacial score (nSPS) is 4.62. The van der Waals surface area contributed by atoms with Gasteiger partial charge < -0.3 is 11.7 Å². The van der Waals surface area contributed by atoms with Crippen LogP contribution in [0.5, 0.6) is 0 Å². The van der Waals surface area contributed by atoms with Gasteiger partial charge in [0.15, 0.2) is 5.34 Å². The molecule has 2 N–H and O–H groups in total. The first-order valence-electron chi connectivity index (χ1n) is 1.31. The van der Waals surface area contributed by atoms with E-state index in [2.05, 4.69) is 0 Å². The zero-order valence-corrected chi connectivity index (χ0v) is 4.66. The van der Waals surface area contributed by atoms with Crippen molar-refractivity contribution in [2.24, 2.45) is 5.34 Å². The molecule has 6 heteroatoms. The van der Waals surface area contributed by atoms with Gasteiger partial charge in [-0.05, 0) is 0 Å². The molecular weight excluding hydrogens is 109 g/mol. The summed E-state index contributed by atoms with van der Waals surface area (Å²) in [5, 5.41) is 15.3. The number of carboxylic acids is 1. The van der Waals surface area contributed by atoms with E-state index in [1.807, 2.05) is 0 Å². The summed E-state index contributed by atoms with van der Waals surface area (Å²) in [7, 11) is 0. The maximum absolute atomic E-state index is 9.00. The Morgan fingerprint density at radius 1 is 1.75 bits per heavy atom. The first kappa shape index (κ1) is 15.7. The minimum Gasteiger partial charge on any atom is -1.00 e. The molecule has 0 heterocycles. The van der Waals surface area contributed by atoms with Crippen molar-refractivity contribution in [3.8, 4) is 0 Å². The van der Waals surface area contributed by atoms with Crippen LogP contribution in [0.1, 0.15) is 8.35 Å². The third kappa shape index (κ3) is 385. The van der Waals surface area contributed by atoms with Gasteiger partial charge in [-0.3, -0.25) is 4.79 Å². The van der Waals surface area contributed by atoms with E-state index in [1.54, 1.807) is 0 Å². The molecule has 0 saturated carbocycles. The van der Waals surface area contributed by atoms with Crippen LogP contribution in [0.15, 0.2) is 5.34 Å². The van der Waals surface area contributed by atoms with E-state index in [1.165, 1.54) is 5.34 Å². The van der Waals surface area contributed by atoms with Crippen molar-refractivity contribution in [1.29, 1.82) is 0 Å². The molecule has 0 bridgehead atoms. The van der Waals surface area contributed by atoms with Crippen LogP contribution in [0.2, 0.25) is 0 Å². The molecule has 8 heavy (non-hydrogen) atoms. The molecule has 0 spiro atoms. The largest absolute Gasteiger partial charge is 1.00 e. The molecule has 0 fully saturated rings. The second kappa shape index (κ2) is 16.1. The van der Waals surface area contributed by atoms with E-state index >= 15 is 0 Å². The molecule has 0 saturated heterocycles. The van der Waals surface area contributed by atoms with Gasteiger partial charge in [-0.15, -0.1) is 4.91 Å². The number of carboxylic acid groups (broad SMARTS) is 1. The van der Waals surface area contributed by atoms with Gasteiger partial charge in [0.25, 0.3) is 5.97 Å². The van der Waals surface area contributed by atoms with Crippen molar-refractivity contribution in [2.45, 2.75) is 6.92 Å². The Labute approximate surface area is 59.3 Å². The van der Waals surface area contributed by atoms with Crippen molar-refractivity contribution in [3.63, 3.8) is 0 Å². The van der Waals surface area contributed by atoms with Crippen LogP contribution in [-0.4, -0.2) is 16.3 Å². The standard InChI is InChI=1S/C2H4O2.Li.HNO2.H/c1-2(3)4;;2-1-3;/h1H3,(H,3,4);;(H,2,3);/q;+1;;-1. The molecule has 0 rings (SSSR count). The quantitative estimate of drug-likeness (QED) is 0.205. The molecule has 0 aromatic rings. The molecule has 0 amide bonds. The Hall–Kier alpha value is -0.533. The molecule has 0 aliphatic rings. The third-order valence-electron chi connectivity index (χ3n) is 0. The van der Waals surface area contributed by atoms with Crippen molar-refractivity contribution in [1.82, 2.24) is 0 Å². The van der Waals surface area contributed by atoms with Gasteiger partial charge in [0, 0.05) is 6.92 Å². The van der Waals surface area contributed by atoms with Crippen molar-refractivity contribution >= 4 is 5.97 Å². The van der Waals surface area contributed by atoms with Crippen LogP contribution in [0.4, 0.5) is 0 Å². The molecule has 0 unspecified atom stereocenters. The fourth-order valence-electron chi connectivity index (χ4n) is 0. The Morgan fingerprint density at radius 2 is 1.75 bits per heavy atom. The number of hydrogen-bond acceptors (Lipinski definition) is 3. The Morgan fingerprint density at radius 3 is 1.75 bits per heavy atom. The summed E-state index contributed by atoms with van der Waals surface area (Å²) in [4.78, 5) is 17.1. The van der Waals surface area contributed by atoms with Crippen LogP contribution >= 0.6 is 0 Å². The molecule has 0 radical (unpaired) electrons. The van der Waals surface area contributed by atoms with Crippen LogP contribution < -0.4 is 18.9 Å². The number of rotatable bonds is 0. The SMILES string of the molecule is CC(=O)O.O=NO.[H-].[Li+]. The summed E-state index contributed by atoms with van der Waals surface area (Å²) in [5.41, 5.74) is 0. The van der Waals surface area contributed by atoms with E-state index in [0.29, 0.717) is 0 Å². The van der Waals surface area contributed by atoms with Crippen LogP contribution in [0, 0.1) is 4.91 Å². The van der Waals surface area contributed by atoms with Gasteiger partial charge in [0.1, 0.15) is 0 Å². The van der Waals surface area contributed by atoms with E-state index in [0.717, 1.165) is 6.92 Å². The Kier molecular flexibility index (Phi) is 31.5. The molecule has 0 atom stereocenters. The van der Waals surface area contributed by atoms with Crippen molar-refractivity contribution in [3.05, 3.63) is 4.91 Å². The number of nitrogens with zero attached hydrogens (tertiary/aromatic N) is 1. The summed E-state index contributed by atoms with van der Waals surface area (Å²) in [6, 6.07) is 0. The fourth-order valence-corrected chi connectivity index (χ4v) is 0. The second-order valence-corrected chi connectivity index (χ2v) is 0.601. The van der Waals surface area contributed by atoms with Crippen LogP contribution in [0.25, 0.3) is 0 Å². The van der Waals surface area contributed by atoms with Gasteiger partial charge in [-0.1, -0.05) is 0 Å². The Bertz CT molecular complexity index is 65.6. The molecule has 0 aliphatic carbocycles. The summed E-state index contributed by atoms with van der Waals surface area (Å²) >= 11 is 0. The fraction of sp³-hybridized carbons (Fsp3) is 0.500. The minimum absolute atomic E-state index is 0. The van der Waals surface area contributed by atoms with Crippen molar-refractivity contribution in [2.75, 3.05) is 0 Å². The summed E-state index contributed by atoms with van der Waals surface area (Å²) in [6.07, 6.45) is 0. The number of hydrogen-bond donors (Lipinski definition) is 2. The summed E-state index contributed by atoms with van der Waals surface area (Å²) in [6.45, 7) is 1.08. The zero-order valence-electron chi connectivity index (χ0n) is 5.66. The third-order valence-corrected chi connectivity index (χ3v) is 0. The second-order valence-electron chi connectivity index (χ2n) is 0.601. The van der Waals surface area contributed by atoms with Gasteiger partial charge in [-0.2, -0.15) is 0 Å². The summed E-state index contributed by atoms with van der Waals surface area (Å²) < 4.78 is 0. The van der Waals surface area contributed by atoms with Crippen LogP contribution in [-0.2, 0) is 4.79 Å². The average molecular weight is 115 g/mol. The predicted octanol–water partition coefficient (Wildman–Crippen LogP) is -2.65. The average Bonchev–Trinajstić information content (AvgIpc) is 1.33. The zero-order chi connectivity index (χ0) is 6.28. The first-order valence-corrected chi connectivity index (χ1v) is 1.31. The summed E-state index contributed by atoms with van der Waals surface area (Å²) in [5.74, 6) is -0.833. The molecule has 44 valence electrons. The predicted molar refractivity (Wildman–Crippen MR) is 22.0 cm³/mol. The molecular formula is C2H6LiNO4. The monoisotopic (exact) mass is 115 g/mol. The maximum atomic E-state index is 9.00. The van der Waals surface area contributed by atoms with Gasteiger partial charge >= 0.3 is 18.9 Å². The molecule has 0 aromatic heterocycles. The first-order chi connectivity index (χ1) is 3.15. The van der Waals surface area contributed by atoms with E-state index < -0.39 is 5.97 Å². The van der Waals surface area contributed by atoms with Crippen molar-refractivity contribution < 1.29 is 35.4 Å². The molecule has 5 nitrogen and oxygen atoms in total. The molecule has 0 aliphatic heterocycles. The van der Waals surface area contributed by atoms with Gasteiger partial charge in [-0.25, -0.2) is 0 Å².